The highest BCUT2D eigenvalue weighted by Crippen LogP contribution is 2.09. The maximum Gasteiger partial charge on any atom is 0.335 e. The van der Waals surface area contributed by atoms with E-state index in [9.17, 15) is 4.79 Å². The number of hydrogen-bond donors (Lipinski definition) is 3. The number of methoxy groups -OCH3 is 1. The lowest BCUT2D eigenvalue weighted by atomic mass is 10.2. The summed E-state index contributed by atoms with van der Waals surface area (Å²) in [5.74, 6) is -0.943. The van der Waals surface area contributed by atoms with E-state index in [4.69, 9.17) is 22.1 Å². The molecule has 1 rings (SSSR count). The molecule has 0 saturated carbocycles. The normalized spacial score (nSPS) is 9.83. The summed E-state index contributed by atoms with van der Waals surface area (Å²) in [6.45, 7) is 1.41. The summed E-state index contributed by atoms with van der Waals surface area (Å²) in [6.07, 6.45) is 0.871. The summed E-state index contributed by atoms with van der Waals surface area (Å²) in [5.41, 5.74) is 1.00. The average molecular weight is 268 g/mol. The van der Waals surface area contributed by atoms with Gasteiger partial charge in [0.15, 0.2) is 5.11 Å². The fourth-order valence-electron chi connectivity index (χ4n) is 1.29. The third-order valence-electron chi connectivity index (χ3n) is 2.20. The summed E-state index contributed by atoms with van der Waals surface area (Å²) < 4.78 is 4.92. The van der Waals surface area contributed by atoms with Crippen LogP contribution < -0.4 is 10.6 Å². The van der Waals surface area contributed by atoms with Crippen molar-refractivity contribution in [1.29, 1.82) is 0 Å². The number of ether oxygens (including phenoxy) is 1. The van der Waals surface area contributed by atoms with E-state index < -0.39 is 5.97 Å². The second-order valence-corrected chi connectivity index (χ2v) is 4.02. The number of thiocarbonyl (C=S) groups is 1. The van der Waals surface area contributed by atoms with E-state index in [2.05, 4.69) is 10.6 Å². The van der Waals surface area contributed by atoms with Crippen molar-refractivity contribution < 1.29 is 14.6 Å². The molecule has 0 radical (unpaired) electrons. The number of benzene rings is 1. The Labute approximate surface area is 111 Å². The minimum absolute atomic E-state index is 0.250. The molecule has 0 aliphatic heterocycles. The maximum absolute atomic E-state index is 10.7. The van der Waals surface area contributed by atoms with Gasteiger partial charge in [0.2, 0.25) is 0 Å². The lowest BCUT2D eigenvalue weighted by Crippen LogP contribution is -2.29. The molecular formula is C12H16N2O3S. The van der Waals surface area contributed by atoms with Gasteiger partial charge in [0.1, 0.15) is 0 Å². The van der Waals surface area contributed by atoms with Gasteiger partial charge in [-0.3, -0.25) is 0 Å². The van der Waals surface area contributed by atoms with E-state index in [1.54, 1.807) is 19.2 Å². The summed E-state index contributed by atoms with van der Waals surface area (Å²) in [4.78, 5) is 10.7. The van der Waals surface area contributed by atoms with Crippen molar-refractivity contribution in [1.82, 2.24) is 5.32 Å². The molecule has 3 N–H and O–H groups in total. The first kappa shape index (κ1) is 14.4. The van der Waals surface area contributed by atoms with Crippen LogP contribution in [0.2, 0.25) is 0 Å². The molecule has 0 unspecified atom stereocenters. The highest BCUT2D eigenvalue weighted by atomic mass is 32.1. The van der Waals surface area contributed by atoms with Gasteiger partial charge >= 0.3 is 5.97 Å². The Balaban J connectivity index is 2.37. The third kappa shape index (κ3) is 5.11. The van der Waals surface area contributed by atoms with Crippen molar-refractivity contribution in [3.05, 3.63) is 29.8 Å². The number of carboxylic acid groups (broad SMARTS) is 1. The van der Waals surface area contributed by atoms with Crippen molar-refractivity contribution in [2.24, 2.45) is 0 Å². The molecule has 0 spiro atoms. The van der Waals surface area contributed by atoms with Gasteiger partial charge in [0.05, 0.1) is 5.56 Å². The Morgan fingerprint density at radius 1 is 1.39 bits per heavy atom. The van der Waals surface area contributed by atoms with Crippen molar-refractivity contribution in [2.45, 2.75) is 6.42 Å². The zero-order valence-electron chi connectivity index (χ0n) is 10.1. The fourth-order valence-corrected chi connectivity index (χ4v) is 1.51. The largest absolute Gasteiger partial charge is 0.478 e. The molecule has 6 heteroatoms. The zero-order chi connectivity index (χ0) is 13.4. The first-order chi connectivity index (χ1) is 8.63. The van der Waals surface area contributed by atoms with Gasteiger partial charge in [0, 0.05) is 25.9 Å². The van der Waals surface area contributed by atoms with Crippen LogP contribution in [0.25, 0.3) is 0 Å². The highest BCUT2D eigenvalue weighted by molar-refractivity contribution is 7.80. The van der Waals surface area contributed by atoms with Crippen molar-refractivity contribution in [3.8, 4) is 0 Å². The minimum atomic E-state index is -0.943. The Kier molecular flexibility index (Phi) is 6.10. The standard InChI is InChI=1S/C12H16N2O3S/c1-17-8-2-7-13-12(18)14-10-5-3-9(4-6-10)11(15)16/h3-6H,2,7-8H2,1H3,(H,15,16)(H2,13,14,18). The molecule has 5 nitrogen and oxygen atoms in total. The van der Waals surface area contributed by atoms with Crippen LogP contribution in [0.1, 0.15) is 16.8 Å². The minimum Gasteiger partial charge on any atom is -0.478 e. The molecule has 0 aromatic heterocycles. The van der Waals surface area contributed by atoms with Gasteiger partial charge in [-0.15, -0.1) is 0 Å². The number of hydrogen-bond acceptors (Lipinski definition) is 3. The fraction of sp³-hybridized carbons (Fsp3) is 0.333. The number of carboxylic acids is 1. The second-order valence-electron chi connectivity index (χ2n) is 3.61. The predicted octanol–water partition coefficient (Wildman–Crippen LogP) is 1.71. The Morgan fingerprint density at radius 3 is 2.61 bits per heavy atom. The van der Waals surface area contributed by atoms with E-state index in [0.717, 1.165) is 18.7 Å². The predicted molar refractivity (Wildman–Crippen MR) is 74.1 cm³/mol. The van der Waals surface area contributed by atoms with E-state index in [1.165, 1.54) is 12.1 Å². The molecule has 0 saturated heterocycles. The van der Waals surface area contributed by atoms with Crippen LogP contribution in [-0.4, -0.2) is 36.4 Å². The highest BCUT2D eigenvalue weighted by Gasteiger charge is 2.02. The van der Waals surface area contributed by atoms with Crippen molar-refractivity contribution in [2.75, 3.05) is 25.6 Å². The summed E-state index contributed by atoms with van der Waals surface area (Å²) in [5, 5.41) is 15.3. The third-order valence-corrected chi connectivity index (χ3v) is 2.45. The molecule has 18 heavy (non-hydrogen) atoms. The van der Waals surface area contributed by atoms with Gasteiger partial charge in [-0.2, -0.15) is 0 Å². The van der Waals surface area contributed by atoms with Crippen LogP contribution in [0.3, 0.4) is 0 Å². The summed E-state index contributed by atoms with van der Waals surface area (Å²) in [6, 6.07) is 6.40. The zero-order valence-corrected chi connectivity index (χ0v) is 10.9. The van der Waals surface area contributed by atoms with Gasteiger partial charge < -0.3 is 20.5 Å². The maximum atomic E-state index is 10.7. The van der Waals surface area contributed by atoms with Crippen LogP contribution in [0, 0.1) is 0 Å². The number of aromatic carboxylic acids is 1. The van der Waals surface area contributed by atoms with Crippen LogP contribution in [0.5, 0.6) is 0 Å². The first-order valence-corrected chi connectivity index (χ1v) is 5.91. The quantitative estimate of drug-likeness (QED) is 0.539. The smallest absolute Gasteiger partial charge is 0.335 e. The van der Waals surface area contributed by atoms with E-state index in [-0.39, 0.29) is 5.56 Å². The molecule has 1 aromatic carbocycles. The molecule has 1 aromatic rings. The lowest BCUT2D eigenvalue weighted by Gasteiger charge is -2.10. The SMILES string of the molecule is COCCCNC(=S)Nc1ccc(C(=O)O)cc1. The molecule has 98 valence electrons. The Bertz CT molecular complexity index is 406. The van der Waals surface area contributed by atoms with Crippen LogP contribution in [0.4, 0.5) is 5.69 Å². The summed E-state index contributed by atoms with van der Waals surface area (Å²) in [7, 11) is 1.65. The molecule has 0 aliphatic carbocycles. The van der Waals surface area contributed by atoms with E-state index >= 15 is 0 Å². The van der Waals surface area contributed by atoms with Gasteiger partial charge in [0.25, 0.3) is 0 Å². The molecule has 0 heterocycles. The Hall–Kier alpha value is -1.66. The van der Waals surface area contributed by atoms with Crippen molar-refractivity contribution in [3.63, 3.8) is 0 Å². The topological polar surface area (TPSA) is 70.6 Å². The molecule has 0 fully saturated rings. The lowest BCUT2D eigenvalue weighted by molar-refractivity contribution is 0.0697. The van der Waals surface area contributed by atoms with Gasteiger partial charge in [-0.05, 0) is 42.9 Å². The molecule has 0 atom stereocenters. The van der Waals surface area contributed by atoms with Crippen LogP contribution in [0.15, 0.2) is 24.3 Å². The molecule has 0 bridgehead atoms. The molecule has 0 amide bonds. The van der Waals surface area contributed by atoms with Crippen molar-refractivity contribution >= 4 is 29.0 Å². The average Bonchev–Trinajstić information content (AvgIpc) is 2.35. The number of anilines is 1. The first-order valence-electron chi connectivity index (χ1n) is 5.50. The number of rotatable bonds is 6. The van der Waals surface area contributed by atoms with E-state index in [0.29, 0.717) is 11.7 Å². The molecule has 0 aliphatic rings. The number of carbonyl (C=O) groups is 1. The second kappa shape index (κ2) is 7.62. The van der Waals surface area contributed by atoms with Crippen LogP contribution >= 0.6 is 12.2 Å². The Morgan fingerprint density at radius 2 is 2.06 bits per heavy atom. The van der Waals surface area contributed by atoms with Gasteiger partial charge in [-0.25, -0.2) is 4.79 Å². The van der Waals surface area contributed by atoms with Gasteiger partial charge in [-0.1, -0.05) is 0 Å². The van der Waals surface area contributed by atoms with E-state index in [1.807, 2.05) is 0 Å². The van der Waals surface area contributed by atoms with Crippen LogP contribution in [-0.2, 0) is 4.74 Å². The summed E-state index contributed by atoms with van der Waals surface area (Å²) >= 11 is 5.09. The monoisotopic (exact) mass is 268 g/mol. The molecular weight excluding hydrogens is 252 g/mol. The number of nitrogens with one attached hydrogen (secondary N) is 2.